The summed E-state index contributed by atoms with van der Waals surface area (Å²) in [5.41, 5.74) is 2.17. The van der Waals surface area contributed by atoms with E-state index in [0.717, 1.165) is 23.7 Å². The van der Waals surface area contributed by atoms with Gasteiger partial charge in [0, 0.05) is 25.3 Å². The molecule has 1 aliphatic rings. The molecule has 1 aromatic rings. The molecule has 1 fully saturated rings. The van der Waals surface area contributed by atoms with Gasteiger partial charge in [-0.3, -0.25) is 0 Å². The molecule has 1 unspecified atom stereocenters. The number of rotatable bonds is 5. The van der Waals surface area contributed by atoms with Crippen LogP contribution >= 0.6 is 0 Å². The molecule has 1 N–H and O–H groups in total. The molecule has 0 saturated carbocycles. The van der Waals surface area contributed by atoms with E-state index in [9.17, 15) is 4.39 Å². The standard InChI is InChI=1S/C17H28FN3/c1-13(19-2)16-11-15(18)5-6-17(16)21(4)12-14-7-9-20(3)10-8-14/h5-6,11,13-14,19H,7-10,12H2,1-4H3. The lowest BCUT2D eigenvalue weighted by atomic mass is 9.96. The zero-order chi connectivity index (χ0) is 15.4. The lowest BCUT2D eigenvalue weighted by Crippen LogP contribution is -2.36. The van der Waals surface area contributed by atoms with E-state index >= 15 is 0 Å². The maximum absolute atomic E-state index is 13.6. The maximum atomic E-state index is 13.6. The van der Waals surface area contributed by atoms with Gasteiger partial charge < -0.3 is 15.1 Å². The van der Waals surface area contributed by atoms with Crippen LogP contribution in [0.1, 0.15) is 31.4 Å². The van der Waals surface area contributed by atoms with Gasteiger partial charge in [0.1, 0.15) is 5.82 Å². The number of piperidine rings is 1. The third kappa shape index (κ3) is 4.17. The molecule has 0 spiro atoms. The van der Waals surface area contributed by atoms with Crippen molar-refractivity contribution in [1.82, 2.24) is 10.2 Å². The van der Waals surface area contributed by atoms with Crippen LogP contribution < -0.4 is 10.2 Å². The minimum atomic E-state index is -0.163. The molecule has 1 aliphatic heterocycles. The molecule has 0 aromatic heterocycles. The van der Waals surface area contributed by atoms with Crippen molar-refractivity contribution in [2.75, 3.05) is 45.7 Å². The highest BCUT2D eigenvalue weighted by atomic mass is 19.1. The fourth-order valence-corrected chi connectivity index (χ4v) is 3.11. The second-order valence-corrected chi connectivity index (χ2v) is 6.34. The lowest BCUT2D eigenvalue weighted by molar-refractivity contribution is 0.222. The predicted molar refractivity (Wildman–Crippen MR) is 87.4 cm³/mol. The normalized spacial score (nSPS) is 18.7. The molecule has 21 heavy (non-hydrogen) atoms. The van der Waals surface area contributed by atoms with Gasteiger partial charge in [-0.25, -0.2) is 4.39 Å². The third-order valence-electron chi connectivity index (χ3n) is 4.67. The molecule has 4 heteroatoms. The van der Waals surface area contributed by atoms with Gasteiger partial charge in [-0.15, -0.1) is 0 Å². The maximum Gasteiger partial charge on any atom is 0.123 e. The number of benzene rings is 1. The zero-order valence-electron chi connectivity index (χ0n) is 13.7. The summed E-state index contributed by atoms with van der Waals surface area (Å²) in [6.45, 7) is 5.48. The van der Waals surface area contributed by atoms with Crippen LogP contribution in [0, 0.1) is 11.7 Å². The third-order valence-corrected chi connectivity index (χ3v) is 4.67. The van der Waals surface area contributed by atoms with Crippen molar-refractivity contribution >= 4 is 5.69 Å². The Bertz CT molecular complexity index is 455. The molecule has 0 radical (unpaired) electrons. The van der Waals surface area contributed by atoms with Crippen molar-refractivity contribution in [2.45, 2.75) is 25.8 Å². The van der Waals surface area contributed by atoms with E-state index in [-0.39, 0.29) is 11.9 Å². The Morgan fingerprint density at radius 2 is 2.05 bits per heavy atom. The number of hydrogen-bond donors (Lipinski definition) is 1. The molecule has 1 atom stereocenters. The van der Waals surface area contributed by atoms with E-state index in [1.165, 1.54) is 25.9 Å². The SMILES string of the molecule is CNC(C)c1cc(F)ccc1N(C)CC1CCN(C)CC1. The Morgan fingerprint density at radius 3 is 2.67 bits per heavy atom. The van der Waals surface area contributed by atoms with Crippen LogP contribution in [0.2, 0.25) is 0 Å². The Hall–Kier alpha value is -1.13. The van der Waals surface area contributed by atoms with Crippen LogP contribution in [-0.4, -0.2) is 45.7 Å². The van der Waals surface area contributed by atoms with E-state index in [4.69, 9.17) is 0 Å². The monoisotopic (exact) mass is 293 g/mol. The lowest BCUT2D eigenvalue weighted by Gasteiger charge is -2.33. The van der Waals surface area contributed by atoms with Gasteiger partial charge in [-0.05, 0) is 76.6 Å². The van der Waals surface area contributed by atoms with Crippen molar-refractivity contribution in [2.24, 2.45) is 5.92 Å². The molecule has 0 amide bonds. The molecular formula is C17H28FN3. The van der Waals surface area contributed by atoms with E-state index in [1.807, 2.05) is 13.1 Å². The van der Waals surface area contributed by atoms with Crippen LogP contribution in [0.4, 0.5) is 10.1 Å². The summed E-state index contributed by atoms with van der Waals surface area (Å²) in [7, 11) is 6.22. The van der Waals surface area contributed by atoms with Crippen LogP contribution in [-0.2, 0) is 0 Å². The summed E-state index contributed by atoms with van der Waals surface area (Å²) in [5.74, 6) is 0.567. The van der Waals surface area contributed by atoms with Crippen molar-refractivity contribution in [3.8, 4) is 0 Å². The number of likely N-dealkylation sites (tertiary alicyclic amines) is 1. The largest absolute Gasteiger partial charge is 0.374 e. The second kappa shape index (κ2) is 7.23. The molecule has 118 valence electrons. The molecule has 0 aliphatic carbocycles. The number of hydrogen-bond acceptors (Lipinski definition) is 3. The summed E-state index contributed by atoms with van der Waals surface area (Å²) >= 11 is 0. The zero-order valence-corrected chi connectivity index (χ0v) is 13.7. The summed E-state index contributed by atoms with van der Waals surface area (Å²) in [6.07, 6.45) is 2.50. The van der Waals surface area contributed by atoms with Gasteiger partial charge in [-0.1, -0.05) is 0 Å². The van der Waals surface area contributed by atoms with Crippen molar-refractivity contribution in [3.05, 3.63) is 29.6 Å². The molecule has 2 rings (SSSR count). The second-order valence-electron chi connectivity index (χ2n) is 6.34. The quantitative estimate of drug-likeness (QED) is 0.900. The van der Waals surface area contributed by atoms with Crippen LogP contribution in [0.5, 0.6) is 0 Å². The minimum Gasteiger partial charge on any atom is -0.374 e. The number of halogens is 1. The van der Waals surface area contributed by atoms with Gasteiger partial charge in [0.15, 0.2) is 0 Å². The fourth-order valence-electron chi connectivity index (χ4n) is 3.11. The predicted octanol–water partition coefficient (Wildman–Crippen LogP) is 2.88. The highest BCUT2D eigenvalue weighted by Gasteiger charge is 2.20. The highest BCUT2D eigenvalue weighted by molar-refractivity contribution is 5.54. The van der Waals surface area contributed by atoms with E-state index in [0.29, 0.717) is 0 Å². The minimum absolute atomic E-state index is 0.149. The molecule has 1 heterocycles. The Labute approximate surface area is 128 Å². The average Bonchev–Trinajstić information content (AvgIpc) is 2.48. The molecule has 3 nitrogen and oxygen atoms in total. The molecule has 1 aromatic carbocycles. The van der Waals surface area contributed by atoms with Crippen molar-refractivity contribution in [3.63, 3.8) is 0 Å². The van der Waals surface area contributed by atoms with Gasteiger partial charge in [0.2, 0.25) is 0 Å². The first kappa shape index (κ1) is 16.2. The van der Waals surface area contributed by atoms with E-state index in [1.54, 1.807) is 12.1 Å². The number of nitrogens with one attached hydrogen (secondary N) is 1. The average molecular weight is 293 g/mol. The molecule has 0 bridgehead atoms. The highest BCUT2D eigenvalue weighted by Crippen LogP contribution is 2.28. The summed E-state index contributed by atoms with van der Waals surface area (Å²) in [5, 5.41) is 3.21. The number of nitrogens with zero attached hydrogens (tertiary/aromatic N) is 2. The molecular weight excluding hydrogens is 265 g/mol. The smallest absolute Gasteiger partial charge is 0.123 e. The topological polar surface area (TPSA) is 18.5 Å². The van der Waals surface area contributed by atoms with Crippen LogP contribution in [0.3, 0.4) is 0 Å². The summed E-state index contributed by atoms with van der Waals surface area (Å²) in [6, 6.07) is 5.28. The fraction of sp³-hybridized carbons (Fsp3) is 0.647. The first-order valence-electron chi connectivity index (χ1n) is 7.87. The van der Waals surface area contributed by atoms with Crippen molar-refractivity contribution in [1.29, 1.82) is 0 Å². The summed E-state index contributed by atoms with van der Waals surface area (Å²) < 4.78 is 13.6. The van der Waals surface area contributed by atoms with E-state index < -0.39 is 0 Å². The van der Waals surface area contributed by atoms with E-state index in [2.05, 4.69) is 36.1 Å². The van der Waals surface area contributed by atoms with Gasteiger partial charge in [0.25, 0.3) is 0 Å². The first-order valence-corrected chi connectivity index (χ1v) is 7.87. The van der Waals surface area contributed by atoms with Crippen molar-refractivity contribution < 1.29 is 4.39 Å². The van der Waals surface area contributed by atoms with Crippen LogP contribution in [0.25, 0.3) is 0 Å². The van der Waals surface area contributed by atoms with Gasteiger partial charge >= 0.3 is 0 Å². The number of anilines is 1. The summed E-state index contributed by atoms with van der Waals surface area (Å²) in [4.78, 5) is 4.68. The van der Waals surface area contributed by atoms with Gasteiger partial charge in [-0.2, -0.15) is 0 Å². The Kier molecular flexibility index (Phi) is 5.59. The first-order chi connectivity index (χ1) is 10.0. The van der Waals surface area contributed by atoms with Crippen LogP contribution in [0.15, 0.2) is 18.2 Å². The Morgan fingerprint density at radius 1 is 1.38 bits per heavy atom. The Balaban J connectivity index is 2.09. The molecule has 1 saturated heterocycles. The van der Waals surface area contributed by atoms with Gasteiger partial charge in [0.05, 0.1) is 0 Å².